The van der Waals surface area contributed by atoms with Crippen molar-refractivity contribution in [3.63, 3.8) is 0 Å². The smallest absolute Gasteiger partial charge is 0.0589 e. The molecule has 20 heavy (non-hydrogen) atoms. The van der Waals surface area contributed by atoms with Gasteiger partial charge in [0.05, 0.1) is 6.61 Å². The molecule has 1 aliphatic rings. The number of nitrogens with one attached hydrogen (secondary N) is 1. The molecule has 4 heteroatoms. The van der Waals surface area contributed by atoms with Gasteiger partial charge in [-0.3, -0.25) is 4.90 Å². The van der Waals surface area contributed by atoms with E-state index in [2.05, 4.69) is 17.1 Å². The SMILES string of the molecule is COCCCN(CCNC1CCC(C)CC1)CCOC. The van der Waals surface area contributed by atoms with Gasteiger partial charge in [-0.1, -0.05) is 6.92 Å². The molecule has 0 radical (unpaired) electrons. The van der Waals surface area contributed by atoms with Gasteiger partial charge in [-0.15, -0.1) is 0 Å². The summed E-state index contributed by atoms with van der Waals surface area (Å²) >= 11 is 0. The van der Waals surface area contributed by atoms with E-state index in [0.717, 1.165) is 57.8 Å². The maximum Gasteiger partial charge on any atom is 0.0589 e. The van der Waals surface area contributed by atoms with E-state index in [0.29, 0.717) is 0 Å². The van der Waals surface area contributed by atoms with Crippen molar-refractivity contribution in [2.24, 2.45) is 5.92 Å². The van der Waals surface area contributed by atoms with Gasteiger partial charge in [0.15, 0.2) is 0 Å². The number of rotatable bonds is 11. The zero-order chi connectivity index (χ0) is 14.6. The molecule has 0 atom stereocenters. The van der Waals surface area contributed by atoms with Crippen molar-refractivity contribution in [1.82, 2.24) is 10.2 Å². The molecule has 0 bridgehead atoms. The van der Waals surface area contributed by atoms with Crippen molar-refractivity contribution in [3.05, 3.63) is 0 Å². The molecular formula is C16H34N2O2. The van der Waals surface area contributed by atoms with Gasteiger partial charge in [0, 0.05) is 53.0 Å². The van der Waals surface area contributed by atoms with Gasteiger partial charge in [-0.25, -0.2) is 0 Å². The summed E-state index contributed by atoms with van der Waals surface area (Å²) in [5.74, 6) is 0.931. The van der Waals surface area contributed by atoms with Crippen molar-refractivity contribution in [3.8, 4) is 0 Å². The van der Waals surface area contributed by atoms with Gasteiger partial charge in [0.1, 0.15) is 0 Å². The summed E-state index contributed by atoms with van der Waals surface area (Å²) in [5.41, 5.74) is 0. The third-order valence-electron chi connectivity index (χ3n) is 4.31. The fourth-order valence-corrected chi connectivity index (χ4v) is 2.88. The maximum absolute atomic E-state index is 5.19. The van der Waals surface area contributed by atoms with Gasteiger partial charge in [0.2, 0.25) is 0 Å². The second-order valence-corrected chi connectivity index (χ2v) is 6.09. The van der Waals surface area contributed by atoms with Crippen molar-refractivity contribution < 1.29 is 9.47 Å². The summed E-state index contributed by atoms with van der Waals surface area (Å²) in [6.45, 7) is 8.35. The van der Waals surface area contributed by atoms with Crippen LogP contribution in [0.2, 0.25) is 0 Å². The third kappa shape index (κ3) is 8.20. The van der Waals surface area contributed by atoms with Crippen LogP contribution >= 0.6 is 0 Å². The molecule has 0 aromatic rings. The molecule has 1 rings (SSSR count). The summed E-state index contributed by atoms with van der Waals surface area (Å²) in [4.78, 5) is 2.47. The van der Waals surface area contributed by atoms with Crippen LogP contribution in [-0.2, 0) is 9.47 Å². The summed E-state index contributed by atoms with van der Waals surface area (Å²) in [7, 11) is 3.54. The molecule has 0 heterocycles. The first kappa shape index (κ1) is 17.9. The van der Waals surface area contributed by atoms with E-state index in [-0.39, 0.29) is 0 Å². The highest BCUT2D eigenvalue weighted by Crippen LogP contribution is 2.23. The average Bonchev–Trinajstić information content (AvgIpc) is 2.46. The van der Waals surface area contributed by atoms with Crippen LogP contribution in [0, 0.1) is 5.92 Å². The van der Waals surface area contributed by atoms with Crippen LogP contribution in [0.15, 0.2) is 0 Å². The topological polar surface area (TPSA) is 33.7 Å². The molecule has 0 aromatic heterocycles. The van der Waals surface area contributed by atoms with Crippen LogP contribution in [0.5, 0.6) is 0 Å². The lowest BCUT2D eigenvalue weighted by Crippen LogP contribution is -2.40. The van der Waals surface area contributed by atoms with Crippen molar-refractivity contribution in [1.29, 1.82) is 0 Å². The van der Waals surface area contributed by atoms with Gasteiger partial charge in [-0.2, -0.15) is 0 Å². The monoisotopic (exact) mass is 286 g/mol. The normalized spacial score (nSPS) is 23.4. The van der Waals surface area contributed by atoms with E-state index < -0.39 is 0 Å². The molecule has 4 nitrogen and oxygen atoms in total. The van der Waals surface area contributed by atoms with Crippen molar-refractivity contribution >= 4 is 0 Å². The minimum atomic E-state index is 0.745. The molecule has 0 unspecified atom stereocenters. The zero-order valence-electron chi connectivity index (χ0n) is 13.7. The zero-order valence-corrected chi connectivity index (χ0v) is 13.7. The van der Waals surface area contributed by atoms with Crippen LogP contribution in [0.25, 0.3) is 0 Å². The summed E-state index contributed by atoms with van der Waals surface area (Å²) < 4.78 is 10.3. The van der Waals surface area contributed by atoms with Crippen LogP contribution < -0.4 is 5.32 Å². The second-order valence-electron chi connectivity index (χ2n) is 6.09. The predicted molar refractivity (Wildman–Crippen MR) is 84.2 cm³/mol. The fourth-order valence-electron chi connectivity index (χ4n) is 2.88. The maximum atomic E-state index is 5.19. The van der Waals surface area contributed by atoms with Gasteiger partial charge in [0.25, 0.3) is 0 Å². The number of ether oxygens (including phenoxy) is 2. The highest BCUT2D eigenvalue weighted by molar-refractivity contribution is 4.75. The van der Waals surface area contributed by atoms with Gasteiger partial charge >= 0.3 is 0 Å². The first-order valence-corrected chi connectivity index (χ1v) is 8.20. The lowest BCUT2D eigenvalue weighted by atomic mass is 9.87. The first-order valence-electron chi connectivity index (χ1n) is 8.20. The highest BCUT2D eigenvalue weighted by atomic mass is 16.5. The summed E-state index contributed by atoms with van der Waals surface area (Å²) in [6.07, 6.45) is 6.57. The quantitative estimate of drug-likeness (QED) is 0.590. The van der Waals surface area contributed by atoms with Crippen molar-refractivity contribution in [2.45, 2.75) is 45.1 Å². The molecule has 0 aromatic carbocycles. The molecular weight excluding hydrogens is 252 g/mol. The predicted octanol–water partition coefficient (Wildman–Crippen LogP) is 2.14. The largest absolute Gasteiger partial charge is 0.385 e. The van der Waals surface area contributed by atoms with E-state index >= 15 is 0 Å². The molecule has 1 aliphatic carbocycles. The number of methoxy groups -OCH3 is 2. The molecule has 1 fully saturated rings. The second kappa shape index (κ2) is 11.5. The Morgan fingerprint density at radius 1 is 0.950 bits per heavy atom. The van der Waals surface area contributed by atoms with Crippen LogP contribution in [0.1, 0.15) is 39.0 Å². The van der Waals surface area contributed by atoms with E-state index in [4.69, 9.17) is 9.47 Å². The molecule has 0 aliphatic heterocycles. The minimum Gasteiger partial charge on any atom is -0.385 e. The molecule has 1 N–H and O–H groups in total. The number of hydrogen-bond acceptors (Lipinski definition) is 4. The van der Waals surface area contributed by atoms with E-state index in [9.17, 15) is 0 Å². The van der Waals surface area contributed by atoms with E-state index in [1.165, 1.54) is 25.7 Å². The van der Waals surface area contributed by atoms with E-state index in [1.807, 2.05) is 0 Å². The molecule has 0 spiro atoms. The Kier molecular flexibility index (Phi) is 10.3. The van der Waals surface area contributed by atoms with Crippen LogP contribution in [-0.4, -0.2) is 64.6 Å². The Labute approximate surface area is 125 Å². The third-order valence-corrected chi connectivity index (χ3v) is 4.31. The molecule has 0 amide bonds. The summed E-state index contributed by atoms with van der Waals surface area (Å²) in [6, 6.07) is 0.745. The van der Waals surface area contributed by atoms with Crippen LogP contribution in [0.4, 0.5) is 0 Å². The number of nitrogens with zero attached hydrogens (tertiary/aromatic N) is 1. The Morgan fingerprint density at radius 3 is 2.30 bits per heavy atom. The Hall–Kier alpha value is -0.160. The minimum absolute atomic E-state index is 0.745. The molecule has 120 valence electrons. The lowest BCUT2D eigenvalue weighted by molar-refractivity contribution is 0.132. The summed E-state index contributed by atoms with van der Waals surface area (Å²) in [5, 5.41) is 3.73. The van der Waals surface area contributed by atoms with Crippen LogP contribution in [0.3, 0.4) is 0 Å². The number of hydrogen-bond donors (Lipinski definition) is 1. The Bertz CT molecular complexity index is 219. The fraction of sp³-hybridized carbons (Fsp3) is 1.00. The average molecular weight is 286 g/mol. The standard InChI is InChI=1S/C16H34N2O2/c1-15-5-7-16(8-6-15)17-9-11-18(12-14-20-3)10-4-13-19-2/h15-17H,4-14H2,1-3H3. The van der Waals surface area contributed by atoms with Gasteiger partial charge < -0.3 is 14.8 Å². The molecule has 1 saturated carbocycles. The Balaban J connectivity index is 2.12. The highest BCUT2D eigenvalue weighted by Gasteiger charge is 2.17. The first-order chi connectivity index (χ1) is 9.76. The molecule has 0 saturated heterocycles. The van der Waals surface area contributed by atoms with E-state index in [1.54, 1.807) is 14.2 Å². The lowest BCUT2D eigenvalue weighted by Gasteiger charge is -2.28. The Morgan fingerprint density at radius 2 is 1.65 bits per heavy atom. The van der Waals surface area contributed by atoms with Gasteiger partial charge in [-0.05, 0) is 38.0 Å². The van der Waals surface area contributed by atoms with Crippen molar-refractivity contribution in [2.75, 3.05) is 53.6 Å².